The maximum absolute atomic E-state index is 5.34. The second kappa shape index (κ2) is 9.10. The minimum Gasteiger partial charge on any atom is -0.497 e. The topological polar surface area (TPSA) is 30.5 Å². The zero-order valence-corrected chi connectivity index (χ0v) is 13.2. The highest BCUT2D eigenvalue weighted by molar-refractivity contribution is 7.98. The average molecular weight is 283 g/mol. The molecule has 0 radical (unpaired) electrons. The van der Waals surface area contributed by atoms with Gasteiger partial charge in [-0.3, -0.25) is 0 Å². The Labute approximate surface area is 121 Å². The fraction of sp³-hybridized carbons (Fsp3) is 0.600. The van der Waals surface area contributed by atoms with E-state index in [1.165, 1.54) is 5.56 Å². The lowest BCUT2D eigenvalue weighted by Gasteiger charge is -2.20. The number of methoxy groups -OCH3 is 2. The Bertz CT molecular complexity index is 341. The van der Waals surface area contributed by atoms with Crippen LogP contribution in [0.25, 0.3) is 0 Å². The monoisotopic (exact) mass is 283 g/mol. The summed E-state index contributed by atoms with van der Waals surface area (Å²) in [6.07, 6.45) is 4.39. The van der Waals surface area contributed by atoms with Crippen LogP contribution >= 0.6 is 11.8 Å². The number of nitrogens with one attached hydrogen (secondary N) is 1. The third kappa shape index (κ3) is 5.33. The van der Waals surface area contributed by atoms with Crippen molar-refractivity contribution in [3.8, 4) is 11.5 Å². The van der Waals surface area contributed by atoms with Gasteiger partial charge in [0.2, 0.25) is 0 Å². The molecule has 108 valence electrons. The Balaban J connectivity index is 2.91. The van der Waals surface area contributed by atoms with Gasteiger partial charge in [0.15, 0.2) is 0 Å². The van der Waals surface area contributed by atoms with Crippen LogP contribution < -0.4 is 14.8 Å². The van der Waals surface area contributed by atoms with E-state index in [0.29, 0.717) is 6.04 Å². The predicted molar refractivity (Wildman–Crippen MR) is 83.6 cm³/mol. The first kappa shape index (κ1) is 16.2. The third-order valence-corrected chi connectivity index (χ3v) is 3.67. The fourth-order valence-electron chi connectivity index (χ4n) is 1.97. The summed E-state index contributed by atoms with van der Waals surface area (Å²) in [5, 5.41) is 3.60. The maximum atomic E-state index is 5.34. The molecule has 1 aromatic rings. The maximum Gasteiger partial charge on any atom is 0.122 e. The van der Waals surface area contributed by atoms with Gasteiger partial charge in [-0.2, -0.15) is 11.8 Å². The van der Waals surface area contributed by atoms with E-state index >= 15 is 0 Å². The molecule has 0 aromatic heterocycles. The van der Waals surface area contributed by atoms with Crippen molar-refractivity contribution in [1.29, 1.82) is 0 Å². The van der Waals surface area contributed by atoms with Crippen molar-refractivity contribution >= 4 is 11.8 Å². The highest BCUT2D eigenvalue weighted by atomic mass is 32.2. The lowest BCUT2D eigenvalue weighted by atomic mass is 10.0. The Morgan fingerprint density at radius 3 is 2.26 bits per heavy atom. The molecular formula is C15H25NO2S. The Hall–Kier alpha value is -0.870. The molecule has 19 heavy (non-hydrogen) atoms. The number of benzene rings is 1. The van der Waals surface area contributed by atoms with E-state index in [2.05, 4.69) is 30.6 Å². The smallest absolute Gasteiger partial charge is 0.122 e. The van der Waals surface area contributed by atoms with E-state index in [4.69, 9.17) is 9.47 Å². The van der Waals surface area contributed by atoms with Gasteiger partial charge in [-0.25, -0.2) is 0 Å². The van der Waals surface area contributed by atoms with Crippen LogP contribution in [-0.2, 0) is 0 Å². The highest BCUT2D eigenvalue weighted by Crippen LogP contribution is 2.28. The zero-order valence-electron chi connectivity index (χ0n) is 12.4. The van der Waals surface area contributed by atoms with Crippen molar-refractivity contribution in [3.63, 3.8) is 0 Å². The fourth-order valence-corrected chi connectivity index (χ4v) is 2.44. The van der Waals surface area contributed by atoms with Gasteiger partial charge >= 0.3 is 0 Å². The zero-order chi connectivity index (χ0) is 14.1. The summed E-state index contributed by atoms with van der Waals surface area (Å²) in [4.78, 5) is 0. The molecule has 0 fully saturated rings. The van der Waals surface area contributed by atoms with Crippen molar-refractivity contribution in [3.05, 3.63) is 23.8 Å². The Morgan fingerprint density at radius 1 is 1.16 bits per heavy atom. The quantitative estimate of drug-likeness (QED) is 0.751. The first-order valence-electron chi connectivity index (χ1n) is 6.70. The van der Waals surface area contributed by atoms with E-state index in [-0.39, 0.29) is 0 Å². The van der Waals surface area contributed by atoms with Gasteiger partial charge < -0.3 is 14.8 Å². The summed E-state index contributed by atoms with van der Waals surface area (Å²) < 4.78 is 10.7. The predicted octanol–water partition coefficient (Wildman–Crippen LogP) is 3.50. The first-order chi connectivity index (χ1) is 9.24. The molecule has 0 spiro atoms. The average Bonchev–Trinajstić information content (AvgIpc) is 2.46. The molecule has 1 atom stereocenters. The molecule has 1 aromatic carbocycles. The summed E-state index contributed by atoms with van der Waals surface area (Å²) in [6.45, 7) is 3.21. The highest BCUT2D eigenvalue weighted by Gasteiger charge is 2.13. The van der Waals surface area contributed by atoms with Crippen LogP contribution in [0.3, 0.4) is 0 Å². The summed E-state index contributed by atoms with van der Waals surface area (Å²) >= 11 is 1.88. The molecule has 4 heteroatoms. The van der Waals surface area contributed by atoms with Crippen LogP contribution in [0, 0.1) is 0 Å². The van der Waals surface area contributed by atoms with Gasteiger partial charge in [0.1, 0.15) is 11.5 Å². The molecule has 1 unspecified atom stereocenters. The van der Waals surface area contributed by atoms with Gasteiger partial charge in [-0.1, -0.05) is 6.92 Å². The number of rotatable bonds is 9. The second-order valence-electron chi connectivity index (χ2n) is 4.43. The molecular weight excluding hydrogens is 258 g/mol. The molecule has 0 bridgehead atoms. The van der Waals surface area contributed by atoms with E-state index in [1.54, 1.807) is 14.2 Å². The summed E-state index contributed by atoms with van der Waals surface area (Å²) in [7, 11) is 3.38. The molecule has 0 amide bonds. The van der Waals surface area contributed by atoms with Crippen LogP contribution in [0.4, 0.5) is 0 Å². The van der Waals surface area contributed by atoms with Crippen LogP contribution in [-0.4, -0.2) is 32.8 Å². The molecule has 3 nitrogen and oxygen atoms in total. The summed E-state index contributed by atoms with van der Waals surface area (Å²) in [6, 6.07) is 6.46. The summed E-state index contributed by atoms with van der Waals surface area (Å²) in [5.41, 5.74) is 1.23. The van der Waals surface area contributed by atoms with Crippen LogP contribution in [0.1, 0.15) is 31.4 Å². The minimum atomic E-state index is 0.358. The van der Waals surface area contributed by atoms with Crippen molar-refractivity contribution in [2.24, 2.45) is 0 Å². The molecule has 0 saturated heterocycles. The molecule has 1 rings (SSSR count). The molecule has 0 aliphatic rings. The van der Waals surface area contributed by atoms with E-state index in [9.17, 15) is 0 Å². The largest absolute Gasteiger partial charge is 0.497 e. The van der Waals surface area contributed by atoms with Gasteiger partial charge in [0, 0.05) is 12.1 Å². The van der Waals surface area contributed by atoms with Crippen LogP contribution in [0.2, 0.25) is 0 Å². The minimum absolute atomic E-state index is 0.358. The van der Waals surface area contributed by atoms with Gasteiger partial charge in [0.05, 0.1) is 14.2 Å². The lowest BCUT2D eigenvalue weighted by molar-refractivity contribution is 0.391. The van der Waals surface area contributed by atoms with E-state index in [0.717, 1.165) is 36.6 Å². The van der Waals surface area contributed by atoms with E-state index in [1.807, 2.05) is 17.8 Å². The molecule has 0 aliphatic heterocycles. The normalized spacial score (nSPS) is 12.2. The Kier molecular flexibility index (Phi) is 7.75. The van der Waals surface area contributed by atoms with Gasteiger partial charge in [0.25, 0.3) is 0 Å². The standard InChI is InChI=1S/C15H25NO2S/c1-5-7-16-15(6-8-19-4)12-9-13(17-2)11-14(10-12)18-3/h9-11,15-16H,5-8H2,1-4H3. The number of hydrogen-bond acceptors (Lipinski definition) is 4. The van der Waals surface area contributed by atoms with Crippen LogP contribution in [0.5, 0.6) is 11.5 Å². The van der Waals surface area contributed by atoms with Gasteiger partial charge in [-0.15, -0.1) is 0 Å². The van der Waals surface area contributed by atoms with Crippen molar-refractivity contribution in [2.45, 2.75) is 25.8 Å². The molecule has 0 heterocycles. The van der Waals surface area contributed by atoms with Gasteiger partial charge in [-0.05, 0) is 49.1 Å². The lowest BCUT2D eigenvalue weighted by Crippen LogP contribution is -2.22. The van der Waals surface area contributed by atoms with E-state index < -0.39 is 0 Å². The first-order valence-corrected chi connectivity index (χ1v) is 8.09. The number of thioether (sulfide) groups is 1. The summed E-state index contributed by atoms with van der Waals surface area (Å²) in [5.74, 6) is 2.84. The molecule has 1 N–H and O–H groups in total. The SMILES string of the molecule is CCCNC(CCSC)c1cc(OC)cc(OC)c1. The van der Waals surface area contributed by atoms with Crippen molar-refractivity contribution < 1.29 is 9.47 Å². The molecule has 0 aliphatic carbocycles. The third-order valence-electron chi connectivity index (χ3n) is 3.03. The van der Waals surface area contributed by atoms with Crippen LogP contribution in [0.15, 0.2) is 18.2 Å². The van der Waals surface area contributed by atoms with Crippen molar-refractivity contribution in [1.82, 2.24) is 5.32 Å². The number of hydrogen-bond donors (Lipinski definition) is 1. The second-order valence-corrected chi connectivity index (χ2v) is 5.42. The Morgan fingerprint density at radius 2 is 1.79 bits per heavy atom. The number of ether oxygens (including phenoxy) is 2. The molecule has 0 saturated carbocycles. The van der Waals surface area contributed by atoms with Crippen molar-refractivity contribution in [2.75, 3.05) is 32.8 Å².